The maximum atomic E-state index is 6.47. The van der Waals surface area contributed by atoms with E-state index in [0.717, 1.165) is 25.3 Å². The van der Waals surface area contributed by atoms with Crippen LogP contribution in [0.25, 0.3) is 0 Å². The lowest BCUT2D eigenvalue weighted by Crippen LogP contribution is -2.56. The van der Waals surface area contributed by atoms with Gasteiger partial charge in [-0.2, -0.15) is 0 Å². The van der Waals surface area contributed by atoms with Crippen LogP contribution in [-0.2, 0) is 10.3 Å². The highest BCUT2D eigenvalue weighted by Crippen LogP contribution is 2.39. The minimum Gasteiger partial charge on any atom is -0.497 e. The van der Waals surface area contributed by atoms with E-state index in [9.17, 15) is 0 Å². The first-order valence-electron chi connectivity index (χ1n) is 6.94. The fourth-order valence-electron chi connectivity index (χ4n) is 3.18. The molecule has 1 unspecified atom stereocenters. The standard InChI is InChI=1S/C16H25NO2/c1-6-16(12-17(4)11-15(2,3)19-16)13-8-7-9-14(10-13)18-5/h7-10H,6,11-12H2,1-5H3. The average molecular weight is 263 g/mol. The molecule has 0 saturated carbocycles. The van der Waals surface area contributed by atoms with Crippen molar-refractivity contribution in [2.75, 3.05) is 27.2 Å². The largest absolute Gasteiger partial charge is 0.497 e. The Kier molecular flexibility index (Phi) is 3.88. The Morgan fingerprint density at radius 3 is 2.63 bits per heavy atom. The lowest BCUT2D eigenvalue weighted by Gasteiger charge is -2.49. The number of likely N-dealkylation sites (N-methyl/N-ethyl adjacent to an activating group) is 1. The van der Waals surface area contributed by atoms with Gasteiger partial charge in [-0.15, -0.1) is 0 Å². The Bertz CT molecular complexity index is 444. The summed E-state index contributed by atoms with van der Waals surface area (Å²) in [5.74, 6) is 0.889. The molecule has 1 aliphatic heterocycles. The fourth-order valence-corrected chi connectivity index (χ4v) is 3.18. The summed E-state index contributed by atoms with van der Waals surface area (Å²) in [6, 6.07) is 8.25. The molecule has 3 nitrogen and oxygen atoms in total. The van der Waals surface area contributed by atoms with Gasteiger partial charge < -0.3 is 14.4 Å². The van der Waals surface area contributed by atoms with Crippen LogP contribution >= 0.6 is 0 Å². The predicted molar refractivity (Wildman–Crippen MR) is 77.6 cm³/mol. The van der Waals surface area contributed by atoms with Gasteiger partial charge in [-0.3, -0.25) is 0 Å². The van der Waals surface area contributed by atoms with Crippen LogP contribution in [0.2, 0.25) is 0 Å². The zero-order valence-corrected chi connectivity index (χ0v) is 12.7. The van der Waals surface area contributed by atoms with Crippen molar-refractivity contribution in [2.24, 2.45) is 0 Å². The minimum absolute atomic E-state index is 0.133. The van der Waals surface area contributed by atoms with Gasteiger partial charge >= 0.3 is 0 Å². The van der Waals surface area contributed by atoms with Crippen molar-refractivity contribution in [1.82, 2.24) is 4.90 Å². The first-order chi connectivity index (χ1) is 8.91. The van der Waals surface area contributed by atoms with E-state index in [0.29, 0.717) is 0 Å². The van der Waals surface area contributed by atoms with Crippen LogP contribution in [0.5, 0.6) is 5.75 Å². The maximum absolute atomic E-state index is 6.47. The van der Waals surface area contributed by atoms with Gasteiger partial charge in [0.1, 0.15) is 11.4 Å². The van der Waals surface area contributed by atoms with Crippen LogP contribution in [0.3, 0.4) is 0 Å². The van der Waals surface area contributed by atoms with Crippen LogP contribution < -0.4 is 4.74 Å². The summed E-state index contributed by atoms with van der Waals surface area (Å²) < 4.78 is 11.8. The highest BCUT2D eigenvalue weighted by molar-refractivity contribution is 5.33. The van der Waals surface area contributed by atoms with Gasteiger partial charge in [-0.05, 0) is 45.0 Å². The van der Waals surface area contributed by atoms with Crippen LogP contribution in [-0.4, -0.2) is 37.7 Å². The van der Waals surface area contributed by atoms with E-state index in [1.807, 2.05) is 12.1 Å². The number of benzene rings is 1. The van der Waals surface area contributed by atoms with Crippen molar-refractivity contribution in [3.8, 4) is 5.75 Å². The van der Waals surface area contributed by atoms with Gasteiger partial charge in [0.05, 0.1) is 12.7 Å². The Hall–Kier alpha value is -1.06. The molecule has 2 rings (SSSR count). The molecule has 0 radical (unpaired) electrons. The monoisotopic (exact) mass is 263 g/mol. The molecule has 1 fully saturated rings. The number of hydrogen-bond acceptors (Lipinski definition) is 3. The van der Waals surface area contributed by atoms with Crippen LogP contribution in [0.1, 0.15) is 32.8 Å². The fraction of sp³-hybridized carbons (Fsp3) is 0.625. The second-order valence-corrected chi connectivity index (χ2v) is 6.11. The molecule has 19 heavy (non-hydrogen) atoms. The summed E-state index contributed by atoms with van der Waals surface area (Å²) in [5, 5.41) is 0. The van der Waals surface area contributed by atoms with E-state index in [4.69, 9.17) is 9.47 Å². The second-order valence-electron chi connectivity index (χ2n) is 6.11. The molecule has 1 aromatic carbocycles. The molecular formula is C16H25NO2. The molecule has 0 aliphatic carbocycles. The lowest BCUT2D eigenvalue weighted by atomic mass is 9.86. The lowest BCUT2D eigenvalue weighted by molar-refractivity contribution is -0.200. The first-order valence-corrected chi connectivity index (χ1v) is 6.94. The molecule has 0 amide bonds. The van der Waals surface area contributed by atoms with E-state index in [-0.39, 0.29) is 11.2 Å². The minimum atomic E-state index is -0.245. The topological polar surface area (TPSA) is 21.7 Å². The van der Waals surface area contributed by atoms with Crippen LogP contribution in [0, 0.1) is 0 Å². The molecule has 106 valence electrons. The Balaban J connectivity index is 2.40. The molecule has 3 heteroatoms. The Morgan fingerprint density at radius 1 is 1.32 bits per heavy atom. The van der Waals surface area contributed by atoms with E-state index in [1.165, 1.54) is 5.56 Å². The molecular weight excluding hydrogens is 238 g/mol. The summed E-state index contributed by atoms with van der Waals surface area (Å²) in [6.07, 6.45) is 0.952. The molecule has 0 aromatic heterocycles. The van der Waals surface area contributed by atoms with Crippen molar-refractivity contribution < 1.29 is 9.47 Å². The van der Waals surface area contributed by atoms with E-state index < -0.39 is 0 Å². The van der Waals surface area contributed by atoms with Gasteiger partial charge in [-0.1, -0.05) is 19.1 Å². The maximum Gasteiger partial charge on any atom is 0.119 e. The van der Waals surface area contributed by atoms with Gasteiger partial charge in [0.2, 0.25) is 0 Å². The van der Waals surface area contributed by atoms with Gasteiger partial charge in [-0.25, -0.2) is 0 Å². The molecule has 1 saturated heterocycles. The molecule has 1 heterocycles. The van der Waals surface area contributed by atoms with Crippen LogP contribution in [0.4, 0.5) is 0 Å². The number of nitrogens with zero attached hydrogens (tertiary/aromatic N) is 1. The SMILES string of the molecule is CCC1(c2cccc(OC)c2)CN(C)CC(C)(C)O1. The van der Waals surface area contributed by atoms with E-state index in [1.54, 1.807) is 7.11 Å². The smallest absolute Gasteiger partial charge is 0.119 e. The summed E-state index contributed by atoms with van der Waals surface area (Å²) >= 11 is 0. The van der Waals surface area contributed by atoms with Gasteiger partial charge in [0.25, 0.3) is 0 Å². The number of methoxy groups -OCH3 is 1. The molecule has 1 atom stereocenters. The number of hydrogen-bond donors (Lipinski definition) is 0. The van der Waals surface area contributed by atoms with Crippen LogP contribution in [0.15, 0.2) is 24.3 Å². The summed E-state index contributed by atoms with van der Waals surface area (Å²) in [5.41, 5.74) is 0.825. The Morgan fingerprint density at radius 2 is 2.05 bits per heavy atom. The first kappa shape index (κ1) is 14.4. The highest BCUT2D eigenvalue weighted by Gasteiger charge is 2.43. The van der Waals surface area contributed by atoms with E-state index in [2.05, 4.69) is 44.9 Å². The summed E-state index contributed by atoms with van der Waals surface area (Å²) in [6.45, 7) is 8.38. The number of rotatable bonds is 3. The highest BCUT2D eigenvalue weighted by atomic mass is 16.5. The summed E-state index contributed by atoms with van der Waals surface area (Å²) in [4.78, 5) is 2.35. The zero-order chi connectivity index (χ0) is 14.1. The normalized spacial score (nSPS) is 27.2. The summed E-state index contributed by atoms with van der Waals surface area (Å²) in [7, 11) is 3.87. The predicted octanol–water partition coefficient (Wildman–Crippen LogP) is 3.04. The van der Waals surface area contributed by atoms with Crippen molar-refractivity contribution in [2.45, 2.75) is 38.4 Å². The number of morpholine rings is 1. The van der Waals surface area contributed by atoms with Crippen molar-refractivity contribution in [3.05, 3.63) is 29.8 Å². The van der Waals surface area contributed by atoms with E-state index >= 15 is 0 Å². The van der Waals surface area contributed by atoms with Gasteiger partial charge in [0, 0.05) is 13.1 Å². The second kappa shape index (κ2) is 5.14. The average Bonchev–Trinajstić information content (AvgIpc) is 2.36. The molecule has 1 aromatic rings. The van der Waals surface area contributed by atoms with Gasteiger partial charge in [0.15, 0.2) is 0 Å². The van der Waals surface area contributed by atoms with Crippen molar-refractivity contribution in [3.63, 3.8) is 0 Å². The van der Waals surface area contributed by atoms with Crippen molar-refractivity contribution in [1.29, 1.82) is 0 Å². The third kappa shape index (κ3) is 2.93. The molecule has 0 bridgehead atoms. The van der Waals surface area contributed by atoms with Crippen molar-refractivity contribution >= 4 is 0 Å². The number of ether oxygens (including phenoxy) is 2. The third-order valence-corrected chi connectivity index (χ3v) is 3.81. The zero-order valence-electron chi connectivity index (χ0n) is 12.7. The third-order valence-electron chi connectivity index (χ3n) is 3.81. The quantitative estimate of drug-likeness (QED) is 0.836. The Labute approximate surface area is 116 Å². The molecule has 0 N–H and O–H groups in total. The molecule has 0 spiro atoms. The molecule has 1 aliphatic rings.